The van der Waals surface area contributed by atoms with Gasteiger partial charge in [-0.1, -0.05) is 36.4 Å². The van der Waals surface area contributed by atoms with Gasteiger partial charge in [0, 0.05) is 38.3 Å². The standard InChI is InChI=1S/C22H14N4/c1-3-7-17-14(5-1)16-11-13(9-10-19(16)24-17)22-23-12-20-21(26-22)15-6-2-4-8-18(15)25-20/h1-12,24-25H. The van der Waals surface area contributed by atoms with E-state index in [4.69, 9.17) is 4.98 Å². The van der Waals surface area contributed by atoms with E-state index in [9.17, 15) is 0 Å². The zero-order chi connectivity index (χ0) is 17.1. The van der Waals surface area contributed by atoms with Crippen molar-refractivity contribution in [2.45, 2.75) is 0 Å². The molecule has 0 radical (unpaired) electrons. The number of rotatable bonds is 1. The molecule has 122 valence electrons. The van der Waals surface area contributed by atoms with Crippen molar-refractivity contribution in [2.75, 3.05) is 0 Å². The van der Waals surface area contributed by atoms with Gasteiger partial charge in [0.25, 0.3) is 0 Å². The summed E-state index contributed by atoms with van der Waals surface area (Å²) < 4.78 is 0. The van der Waals surface area contributed by atoms with Gasteiger partial charge in [0.05, 0.1) is 17.2 Å². The lowest BCUT2D eigenvalue weighted by atomic mass is 10.1. The van der Waals surface area contributed by atoms with Gasteiger partial charge in [-0.05, 0) is 30.3 Å². The van der Waals surface area contributed by atoms with Crippen LogP contribution in [0.1, 0.15) is 0 Å². The highest BCUT2D eigenvalue weighted by molar-refractivity contribution is 6.08. The van der Waals surface area contributed by atoms with Crippen LogP contribution in [0.15, 0.2) is 72.9 Å². The van der Waals surface area contributed by atoms with E-state index in [2.05, 4.69) is 63.5 Å². The summed E-state index contributed by atoms with van der Waals surface area (Å²) in [6.07, 6.45) is 1.87. The Labute approximate surface area is 148 Å². The predicted octanol–water partition coefficient (Wildman–Crippen LogP) is 5.41. The summed E-state index contributed by atoms with van der Waals surface area (Å²) >= 11 is 0. The molecule has 6 aromatic rings. The van der Waals surface area contributed by atoms with Crippen LogP contribution in [-0.4, -0.2) is 19.9 Å². The van der Waals surface area contributed by atoms with Gasteiger partial charge in [0.2, 0.25) is 0 Å². The molecule has 6 rings (SSSR count). The minimum Gasteiger partial charge on any atom is -0.355 e. The molecule has 0 aliphatic heterocycles. The molecule has 0 amide bonds. The number of H-pyrrole nitrogens is 2. The number of fused-ring (bicyclic) bond motifs is 6. The van der Waals surface area contributed by atoms with Crippen molar-refractivity contribution in [1.82, 2.24) is 19.9 Å². The average Bonchev–Trinajstić information content (AvgIpc) is 3.25. The molecule has 0 saturated carbocycles. The molecule has 0 unspecified atom stereocenters. The van der Waals surface area contributed by atoms with Crippen molar-refractivity contribution in [3.05, 3.63) is 72.9 Å². The molecule has 3 heterocycles. The molecule has 4 nitrogen and oxygen atoms in total. The first-order valence-corrected chi connectivity index (χ1v) is 8.61. The number of nitrogens with one attached hydrogen (secondary N) is 2. The molecular weight excluding hydrogens is 320 g/mol. The predicted molar refractivity (Wildman–Crippen MR) is 106 cm³/mol. The molecule has 26 heavy (non-hydrogen) atoms. The van der Waals surface area contributed by atoms with E-state index in [0.29, 0.717) is 0 Å². The van der Waals surface area contributed by atoms with Crippen LogP contribution in [0, 0.1) is 0 Å². The number of para-hydroxylation sites is 2. The summed E-state index contributed by atoms with van der Waals surface area (Å²) in [6, 6.07) is 22.9. The van der Waals surface area contributed by atoms with Gasteiger partial charge in [-0.3, -0.25) is 0 Å². The second-order valence-electron chi connectivity index (χ2n) is 6.56. The van der Waals surface area contributed by atoms with Gasteiger partial charge in [0.1, 0.15) is 0 Å². The van der Waals surface area contributed by atoms with Crippen molar-refractivity contribution in [1.29, 1.82) is 0 Å². The first-order chi connectivity index (χ1) is 12.9. The third kappa shape index (κ3) is 1.84. The molecule has 0 bridgehead atoms. The molecule has 0 aliphatic carbocycles. The van der Waals surface area contributed by atoms with E-state index >= 15 is 0 Å². The zero-order valence-corrected chi connectivity index (χ0v) is 13.8. The fraction of sp³-hybridized carbons (Fsp3) is 0. The molecule has 3 aromatic carbocycles. The second-order valence-corrected chi connectivity index (χ2v) is 6.56. The number of aromatic nitrogens is 4. The van der Waals surface area contributed by atoms with Crippen molar-refractivity contribution in [3.63, 3.8) is 0 Å². The lowest BCUT2D eigenvalue weighted by Gasteiger charge is -2.01. The molecule has 4 heteroatoms. The molecule has 2 N–H and O–H groups in total. The smallest absolute Gasteiger partial charge is 0.159 e. The molecule has 0 spiro atoms. The topological polar surface area (TPSA) is 57.4 Å². The quantitative estimate of drug-likeness (QED) is 0.422. The number of benzene rings is 3. The second kappa shape index (κ2) is 4.92. The highest BCUT2D eigenvalue weighted by Crippen LogP contribution is 2.30. The zero-order valence-electron chi connectivity index (χ0n) is 13.8. The first kappa shape index (κ1) is 13.6. The highest BCUT2D eigenvalue weighted by atomic mass is 14.9. The maximum atomic E-state index is 4.85. The maximum Gasteiger partial charge on any atom is 0.159 e. The Morgan fingerprint density at radius 3 is 2.19 bits per heavy atom. The normalized spacial score (nSPS) is 11.8. The van der Waals surface area contributed by atoms with E-state index in [1.165, 1.54) is 10.8 Å². The van der Waals surface area contributed by atoms with Gasteiger partial charge >= 0.3 is 0 Å². The number of hydrogen-bond donors (Lipinski definition) is 2. The Morgan fingerprint density at radius 2 is 1.31 bits per heavy atom. The molecule has 0 fully saturated rings. The third-order valence-corrected chi connectivity index (χ3v) is 5.00. The fourth-order valence-electron chi connectivity index (χ4n) is 3.75. The SMILES string of the molecule is c1ccc2c(c1)[nH]c1ccc(-c3ncc4[nH]c5ccccc5c4n3)cc12. The van der Waals surface area contributed by atoms with Crippen LogP contribution in [0.5, 0.6) is 0 Å². The van der Waals surface area contributed by atoms with Crippen LogP contribution < -0.4 is 0 Å². The van der Waals surface area contributed by atoms with Crippen LogP contribution in [0.2, 0.25) is 0 Å². The Hall–Kier alpha value is -3.66. The minimum atomic E-state index is 0.745. The summed E-state index contributed by atoms with van der Waals surface area (Å²) in [5.74, 6) is 0.745. The Bertz CT molecular complexity index is 1330. The number of hydrogen-bond acceptors (Lipinski definition) is 2. The Balaban J connectivity index is 1.61. The Kier molecular flexibility index (Phi) is 2.58. The summed E-state index contributed by atoms with van der Waals surface area (Å²) in [6.45, 7) is 0. The van der Waals surface area contributed by atoms with Crippen molar-refractivity contribution in [2.24, 2.45) is 0 Å². The van der Waals surface area contributed by atoms with Crippen LogP contribution >= 0.6 is 0 Å². The monoisotopic (exact) mass is 334 g/mol. The average molecular weight is 334 g/mol. The summed E-state index contributed by atoms with van der Waals surface area (Å²) in [4.78, 5) is 16.3. The van der Waals surface area contributed by atoms with Gasteiger partial charge in [-0.2, -0.15) is 0 Å². The first-order valence-electron chi connectivity index (χ1n) is 8.61. The van der Waals surface area contributed by atoms with Gasteiger partial charge in [-0.15, -0.1) is 0 Å². The molecular formula is C22H14N4. The highest BCUT2D eigenvalue weighted by Gasteiger charge is 2.10. The van der Waals surface area contributed by atoms with Crippen molar-refractivity contribution < 1.29 is 0 Å². The summed E-state index contributed by atoms with van der Waals surface area (Å²) in [5, 5.41) is 3.54. The van der Waals surface area contributed by atoms with Crippen molar-refractivity contribution >= 4 is 43.7 Å². The summed E-state index contributed by atoms with van der Waals surface area (Å²) in [5.41, 5.74) is 6.30. The number of nitrogens with zero attached hydrogens (tertiary/aromatic N) is 2. The maximum absolute atomic E-state index is 4.85. The van der Waals surface area contributed by atoms with Crippen LogP contribution in [0.25, 0.3) is 55.1 Å². The van der Waals surface area contributed by atoms with E-state index in [-0.39, 0.29) is 0 Å². The summed E-state index contributed by atoms with van der Waals surface area (Å²) in [7, 11) is 0. The van der Waals surface area contributed by atoms with Gasteiger partial charge in [-0.25, -0.2) is 9.97 Å². The lowest BCUT2D eigenvalue weighted by Crippen LogP contribution is -1.88. The van der Waals surface area contributed by atoms with E-state index in [1.807, 2.05) is 24.4 Å². The van der Waals surface area contributed by atoms with E-state index in [0.717, 1.165) is 44.4 Å². The van der Waals surface area contributed by atoms with Crippen LogP contribution in [0.3, 0.4) is 0 Å². The molecule has 0 saturated heterocycles. The fourth-order valence-corrected chi connectivity index (χ4v) is 3.75. The minimum absolute atomic E-state index is 0.745. The van der Waals surface area contributed by atoms with E-state index in [1.54, 1.807) is 0 Å². The Morgan fingerprint density at radius 1 is 0.615 bits per heavy atom. The van der Waals surface area contributed by atoms with Crippen LogP contribution in [-0.2, 0) is 0 Å². The molecule has 3 aromatic heterocycles. The lowest BCUT2D eigenvalue weighted by molar-refractivity contribution is 1.23. The van der Waals surface area contributed by atoms with Gasteiger partial charge < -0.3 is 9.97 Å². The molecule has 0 aliphatic rings. The van der Waals surface area contributed by atoms with Gasteiger partial charge in [0.15, 0.2) is 5.82 Å². The largest absolute Gasteiger partial charge is 0.355 e. The molecule has 0 atom stereocenters. The third-order valence-electron chi connectivity index (χ3n) is 5.00. The van der Waals surface area contributed by atoms with Crippen LogP contribution in [0.4, 0.5) is 0 Å². The van der Waals surface area contributed by atoms with E-state index < -0.39 is 0 Å². The van der Waals surface area contributed by atoms with Crippen molar-refractivity contribution in [3.8, 4) is 11.4 Å². The number of aromatic amines is 2.